The summed E-state index contributed by atoms with van der Waals surface area (Å²) in [5.41, 5.74) is 0. The highest BCUT2D eigenvalue weighted by Crippen LogP contribution is 1.90. The maximum atomic E-state index is 10.8. The van der Waals surface area contributed by atoms with Crippen molar-refractivity contribution in [1.29, 1.82) is 0 Å². The van der Waals surface area contributed by atoms with Crippen LogP contribution in [0.5, 0.6) is 0 Å². The summed E-state index contributed by atoms with van der Waals surface area (Å²) in [7, 11) is 1.62. The van der Waals surface area contributed by atoms with Gasteiger partial charge in [0.1, 0.15) is 0 Å². The number of nitrogens with one attached hydrogen (secondary N) is 1. The Kier molecular flexibility index (Phi) is 10.6. The standard InChI is InChI=1S/C9H19NO3S/c1-10-9(11)3-4-12-5-6-13-7-8-14-2/h3-8H2,1-2H3,(H,10,11). The normalized spacial score (nSPS) is 10.1. The van der Waals surface area contributed by atoms with Gasteiger partial charge in [0.05, 0.1) is 26.4 Å². The van der Waals surface area contributed by atoms with Gasteiger partial charge in [-0.25, -0.2) is 0 Å². The van der Waals surface area contributed by atoms with Crippen LogP contribution in [0.15, 0.2) is 0 Å². The average molecular weight is 221 g/mol. The fraction of sp³-hybridized carbons (Fsp3) is 0.889. The van der Waals surface area contributed by atoms with Gasteiger partial charge in [0, 0.05) is 19.2 Å². The van der Waals surface area contributed by atoms with Gasteiger partial charge in [-0.15, -0.1) is 0 Å². The van der Waals surface area contributed by atoms with Crippen LogP contribution in [0.4, 0.5) is 0 Å². The predicted octanol–water partition coefficient (Wildman–Crippen LogP) is 0.519. The van der Waals surface area contributed by atoms with E-state index >= 15 is 0 Å². The van der Waals surface area contributed by atoms with Crippen molar-refractivity contribution in [2.45, 2.75) is 6.42 Å². The number of rotatable bonds is 9. The van der Waals surface area contributed by atoms with Gasteiger partial charge in [-0.1, -0.05) is 0 Å². The monoisotopic (exact) mass is 221 g/mol. The first-order chi connectivity index (χ1) is 6.81. The minimum Gasteiger partial charge on any atom is -0.379 e. The number of carbonyl (C=O) groups is 1. The third kappa shape index (κ3) is 9.83. The molecule has 0 saturated heterocycles. The zero-order valence-corrected chi connectivity index (χ0v) is 9.69. The van der Waals surface area contributed by atoms with Crippen LogP contribution in [0.1, 0.15) is 6.42 Å². The van der Waals surface area contributed by atoms with E-state index in [1.165, 1.54) is 0 Å². The third-order valence-electron chi connectivity index (χ3n) is 1.56. The third-order valence-corrected chi connectivity index (χ3v) is 2.13. The molecule has 0 rings (SSSR count). The van der Waals surface area contributed by atoms with Crippen molar-refractivity contribution in [3.63, 3.8) is 0 Å². The van der Waals surface area contributed by atoms with Crippen LogP contribution in [0.3, 0.4) is 0 Å². The van der Waals surface area contributed by atoms with E-state index in [2.05, 4.69) is 5.32 Å². The Morgan fingerprint density at radius 1 is 1.21 bits per heavy atom. The maximum absolute atomic E-state index is 10.8. The molecule has 1 N–H and O–H groups in total. The number of carbonyl (C=O) groups excluding carboxylic acids is 1. The van der Waals surface area contributed by atoms with Gasteiger partial charge in [-0.3, -0.25) is 4.79 Å². The lowest BCUT2D eigenvalue weighted by molar-refractivity contribution is -0.121. The van der Waals surface area contributed by atoms with E-state index in [1.54, 1.807) is 18.8 Å². The van der Waals surface area contributed by atoms with Crippen LogP contribution in [0.2, 0.25) is 0 Å². The highest BCUT2D eigenvalue weighted by atomic mass is 32.2. The summed E-state index contributed by atoms with van der Waals surface area (Å²) in [6.45, 7) is 2.39. The Morgan fingerprint density at radius 3 is 2.43 bits per heavy atom. The van der Waals surface area contributed by atoms with E-state index in [1.807, 2.05) is 6.26 Å². The molecule has 84 valence electrons. The summed E-state index contributed by atoms with van der Waals surface area (Å²) in [5, 5.41) is 2.53. The molecule has 0 aliphatic heterocycles. The number of hydrogen-bond donors (Lipinski definition) is 1. The Balaban J connectivity index is 2.95. The summed E-state index contributed by atoms with van der Waals surface area (Å²) in [6.07, 6.45) is 2.46. The minimum atomic E-state index is 0.00769. The molecule has 4 nitrogen and oxygen atoms in total. The summed E-state index contributed by atoms with van der Waals surface area (Å²) in [5.74, 6) is 1.02. The molecule has 0 radical (unpaired) electrons. The van der Waals surface area contributed by atoms with Crippen molar-refractivity contribution in [2.24, 2.45) is 0 Å². The molecule has 0 atom stereocenters. The smallest absolute Gasteiger partial charge is 0.222 e. The highest BCUT2D eigenvalue weighted by molar-refractivity contribution is 7.98. The van der Waals surface area contributed by atoms with E-state index in [4.69, 9.17) is 9.47 Å². The maximum Gasteiger partial charge on any atom is 0.222 e. The molecule has 0 bridgehead atoms. The fourth-order valence-corrected chi connectivity index (χ4v) is 1.04. The predicted molar refractivity (Wildman–Crippen MR) is 58.7 cm³/mol. The number of amides is 1. The molecule has 0 heterocycles. The first kappa shape index (κ1) is 13.7. The summed E-state index contributed by atoms with van der Waals surface area (Å²) >= 11 is 1.76. The number of ether oxygens (including phenoxy) is 2. The summed E-state index contributed by atoms with van der Waals surface area (Å²) < 4.78 is 10.5. The van der Waals surface area contributed by atoms with Gasteiger partial charge in [0.25, 0.3) is 0 Å². The van der Waals surface area contributed by atoms with Crippen molar-refractivity contribution in [2.75, 3.05) is 45.5 Å². The fourth-order valence-electron chi connectivity index (χ4n) is 0.754. The lowest BCUT2D eigenvalue weighted by Crippen LogP contribution is -2.19. The average Bonchev–Trinajstić information content (AvgIpc) is 2.21. The van der Waals surface area contributed by atoms with Crippen LogP contribution in [-0.4, -0.2) is 51.4 Å². The van der Waals surface area contributed by atoms with Crippen molar-refractivity contribution in [3.05, 3.63) is 0 Å². The van der Waals surface area contributed by atoms with Crippen molar-refractivity contribution >= 4 is 17.7 Å². The summed E-state index contributed by atoms with van der Waals surface area (Å²) in [4.78, 5) is 10.8. The van der Waals surface area contributed by atoms with Crippen LogP contribution >= 0.6 is 11.8 Å². The van der Waals surface area contributed by atoms with Crippen LogP contribution in [0.25, 0.3) is 0 Å². The molecule has 0 aliphatic rings. The first-order valence-electron chi connectivity index (χ1n) is 4.66. The van der Waals surface area contributed by atoms with Crippen molar-refractivity contribution in [1.82, 2.24) is 5.32 Å². The molecule has 0 aromatic heterocycles. The number of hydrogen-bond acceptors (Lipinski definition) is 4. The summed E-state index contributed by atoms with van der Waals surface area (Å²) in [6, 6.07) is 0. The topological polar surface area (TPSA) is 47.6 Å². The lowest BCUT2D eigenvalue weighted by Gasteiger charge is -2.04. The van der Waals surface area contributed by atoms with Crippen LogP contribution < -0.4 is 5.32 Å². The molecule has 0 fully saturated rings. The largest absolute Gasteiger partial charge is 0.379 e. The molecular formula is C9H19NO3S. The SMILES string of the molecule is CNC(=O)CCOCCOCCSC. The van der Waals surface area contributed by atoms with Crippen molar-refractivity contribution < 1.29 is 14.3 Å². The molecule has 0 aromatic rings. The second-order valence-electron chi connectivity index (χ2n) is 2.64. The second-order valence-corrected chi connectivity index (χ2v) is 3.63. The Labute approximate surface area is 89.7 Å². The Hall–Kier alpha value is -0.260. The minimum absolute atomic E-state index is 0.00769. The van der Waals surface area contributed by atoms with Crippen molar-refractivity contribution in [3.8, 4) is 0 Å². The zero-order valence-electron chi connectivity index (χ0n) is 8.88. The molecule has 5 heteroatoms. The van der Waals surface area contributed by atoms with Gasteiger partial charge in [-0.05, 0) is 6.26 Å². The van der Waals surface area contributed by atoms with E-state index in [9.17, 15) is 4.79 Å². The van der Waals surface area contributed by atoms with Crippen LogP contribution in [0, 0.1) is 0 Å². The Morgan fingerprint density at radius 2 is 1.86 bits per heavy atom. The van der Waals surface area contributed by atoms with E-state index in [0.29, 0.717) is 26.2 Å². The number of thioether (sulfide) groups is 1. The molecule has 0 aromatic carbocycles. The quantitative estimate of drug-likeness (QED) is 0.577. The Bertz CT molecular complexity index is 144. The van der Waals surface area contributed by atoms with Gasteiger partial charge in [-0.2, -0.15) is 11.8 Å². The molecule has 0 unspecified atom stereocenters. The zero-order chi connectivity index (χ0) is 10.6. The first-order valence-corrected chi connectivity index (χ1v) is 6.05. The molecule has 0 spiro atoms. The van der Waals surface area contributed by atoms with Crippen LogP contribution in [-0.2, 0) is 14.3 Å². The van der Waals surface area contributed by atoms with E-state index in [0.717, 1.165) is 12.4 Å². The molecular weight excluding hydrogens is 202 g/mol. The highest BCUT2D eigenvalue weighted by Gasteiger charge is 1.96. The molecule has 0 aliphatic carbocycles. The molecule has 1 amide bonds. The van der Waals surface area contributed by atoms with Gasteiger partial charge < -0.3 is 14.8 Å². The molecule has 0 saturated carbocycles. The van der Waals surface area contributed by atoms with E-state index < -0.39 is 0 Å². The lowest BCUT2D eigenvalue weighted by atomic mass is 10.4. The second kappa shape index (κ2) is 10.8. The molecule has 14 heavy (non-hydrogen) atoms. The van der Waals surface area contributed by atoms with Gasteiger partial charge in [0.2, 0.25) is 5.91 Å². The van der Waals surface area contributed by atoms with Gasteiger partial charge >= 0.3 is 0 Å². The van der Waals surface area contributed by atoms with Gasteiger partial charge in [0.15, 0.2) is 0 Å². The van der Waals surface area contributed by atoms with E-state index in [-0.39, 0.29) is 5.91 Å².